The lowest BCUT2D eigenvalue weighted by Crippen LogP contribution is -2.39. The highest BCUT2D eigenvalue weighted by atomic mass is 79.9. The summed E-state index contributed by atoms with van der Waals surface area (Å²) in [7, 11) is 0. The van der Waals surface area contributed by atoms with Gasteiger partial charge in [-0.1, -0.05) is 6.92 Å². The molecule has 0 aliphatic carbocycles. The number of nitrogens with zero attached hydrogens (tertiary/aromatic N) is 1. The van der Waals surface area contributed by atoms with Crippen molar-refractivity contribution in [2.24, 2.45) is 5.92 Å². The molecule has 5 heteroatoms. The Morgan fingerprint density at radius 2 is 2.15 bits per heavy atom. The van der Waals surface area contributed by atoms with E-state index in [1.54, 1.807) is 18.2 Å². The van der Waals surface area contributed by atoms with Crippen LogP contribution in [0.15, 0.2) is 22.7 Å². The predicted molar refractivity (Wildman–Crippen MR) is 85.7 cm³/mol. The van der Waals surface area contributed by atoms with Crippen molar-refractivity contribution in [2.45, 2.75) is 19.8 Å². The van der Waals surface area contributed by atoms with Crippen LogP contribution in [0, 0.1) is 5.92 Å². The average Bonchev–Trinajstić information content (AvgIpc) is 2.43. The Hall–Kier alpha value is -1.07. The third-order valence-electron chi connectivity index (χ3n) is 3.82. The van der Waals surface area contributed by atoms with Gasteiger partial charge in [0, 0.05) is 23.2 Å². The molecule has 0 aromatic heterocycles. The molecule has 0 unspecified atom stereocenters. The fourth-order valence-electron chi connectivity index (χ4n) is 2.43. The van der Waals surface area contributed by atoms with E-state index in [9.17, 15) is 4.79 Å². The minimum Gasteiger partial charge on any atom is -0.399 e. The largest absolute Gasteiger partial charge is 0.399 e. The van der Waals surface area contributed by atoms with Crippen LogP contribution in [0.4, 0.5) is 5.69 Å². The van der Waals surface area contributed by atoms with Gasteiger partial charge in [0.2, 0.25) is 0 Å². The van der Waals surface area contributed by atoms with Crippen molar-refractivity contribution in [3.63, 3.8) is 0 Å². The Kier molecular flexibility index (Phi) is 5.43. The second-order valence-electron chi connectivity index (χ2n) is 5.52. The molecule has 1 aromatic carbocycles. The molecule has 1 saturated heterocycles. The lowest BCUT2D eigenvalue weighted by Gasteiger charge is -2.30. The second-order valence-corrected chi connectivity index (χ2v) is 6.37. The summed E-state index contributed by atoms with van der Waals surface area (Å²) in [6.45, 7) is 6.17. The summed E-state index contributed by atoms with van der Waals surface area (Å²) in [5, 5.41) is 2.96. The molecule has 1 amide bonds. The zero-order valence-electron chi connectivity index (χ0n) is 11.9. The number of piperidine rings is 1. The van der Waals surface area contributed by atoms with E-state index in [0.717, 1.165) is 30.0 Å². The van der Waals surface area contributed by atoms with Crippen molar-refractivity contribution < 1.29 is 4.79 Å². The van der Waals surface area contributed by atoms with Crippen LogP contribution in [-0.4, -0.2) is 37.0 Å². The molecular formula is C15H22BrN3O. The van der Waals surface area contributed by atoms with E-state index in [1.807, 2.05) is 0 Å². The van der Waals surface area contributed by atoms with E-state index in [4.69, 9.17) is 5.73 Å². The number of nitrogens with one attached hydrogen (secondary N) is 1. The van der Waals surface area contributed by atoms with Crippen LogP contribution < -0.4 is 11.1 Å². The summed E-state index contributed by atoms with van der Waals surface area (Å²) in [5.41, 5.74) is 6.91. The fraction of sp³-hybridized carbons (Fsp3) is 0.533. The number of carbonyl (C=O) groups is 1. The number of hydrogen-bond donors (Lipinski definition) is 2. The summed E-state index contributed by atoms with van der Waals surface area (Å²) in [5.74, 6) is 0.763. The van der Waals surface area contributed by atoms with Crippen molar-refractivity contribution in [3.8, 4) is 0 Å². The lowest BCUT2D eigenvalue weighted by molar-refractivity contribution is 0.0944. The molecule has 20 heavy (non-hydrogen) atoms. The van der Waals surface area contributed by atoms with Crippen LogP contribution in [0.3, 0.4) is 0 Å². The van der Waals surface area contributed by atoms with Crippen molar-refractivity contribution in [3.05, 3.63) is 28.2 Å². The van der Waals surface area contributed by atoms with Gasteiger partial charge in [0.25, 0.3) is 5.91 Å². The number of nitrogen functional groups attached to an aromatic ring is 1. The van der Waals surface area contributed by atoms with Gasteiger partial charge in [-0.3, -0.25) is 4.79 Å². The van der Waals surface area contributed by atoms with Gasteiger partial charge in [0.15, 0.2) is 0 Å². The van der Waals surface area contributed by atoms with E-state index >= 15 is 0 Å². The molecule has 1 aliphatic rings. The molecule has 1 fully saturated rings. The molecule has 0 spiro atoms. The lowest BCUT2D eigenvalue weighted by atomic mass is 9.99. The Balaban J connectivity index is 1.79. The van der Waals surface area contributed by atoms with Crippen LogP contribution in [0.25, 0.3) is 0 Å². The number of carbonyl (C=O) groups excluding carboxylic acids is 1. The summed E-state index contributed by atoms with van der Waals surface area (Å²) in [4.78, 5) is 14.5. The van der Waals surface area contributed by atoms with Gasteiger partial charge in [0.1, 0.15) is 0 Å². The smallest absolute Gasteiger partial charge is 0.252 e. The van der Waals surface area contributed by atoms with Crippen molar-refractivity contribution in [2.75, 3.05) is 31.9 Å². The molecule has 0 atom stereocenters. The summed E-state index contributed by atoms with van der Waals surface area (Å²) in [6.07, 6.45) is 2.52. The third kappa shape index (κ3) is 4.21. The average molecular weight is 340 g/mol. The maximum atomic E-state index is 12.1. The van der Waals surface area contributed by atoms with Gasteiger partial charge < -0.3 is 16.0 Å². The normalized spacial score (nSPS) is 17.1. The Morgan fingerprint density at radius 1 is 1.45 bits per heavy atom. The quantitative estimate of drug-likeness (QED) is 0.828. The molecule has 0 radical (unpaired) electrons. The fourth-order valence-corrected chi connectivity index (χ4v) is 2.85. The zero-order valence-corrected chi connectivity index (χ0v) is 13.4. The summed E-state index contributed by atoms with van der Waals surface area (Å²) in [6, 6.07) is 5.27. The van der Waals surface area contributed by atoms with Crippen molar-refractivity contribution >= 4 is 27.5 Å². The van der Waals surface area contributed by atoms with Gasteiger partial charge in [-0.2, -0.15) is 0 Å². The monoisotopic (exact) mass is 339 g/mol. The van der Waals surface area contributed by atoms with E-state index < -0.39 is 0 Å². The number of amides is 1. The van der Waals surface area contributed by atoms with Crippen LogP contribution >= 0.6 is 15.9 Å². The first-order valence-electron chi connectivity index (χ1n) is 7.12. The molecular weight excluding hydrogens is 318 g/mol. The Bertz CT molecular complexity index is 470. The van der Waals surface area contributed by atoms with E-state index in [-0.39, 0.29) is 5.91 Å². The molecule has 1 heterocycles. The van der Waals surface area contributed by atoms with Gasteiger partial charge in [-0.25, -0.2) is 0 Å². The van der Waals surface area contributed by atoms with Crippen LogP contribution in [0.2, 0.25) is 0 Å². The van der Waals surface area contributed by atoms with Crippen molar-refractivity contribution in [1.82, 2.24) is 10.2 Å². The number of benzene rings is 1. The van der Waals surface area contributed by atoms with Gasteiger partial charge in [-0.15, -0.1) is 0 Å². The van der Waals surface area contributed by atoms with E-state index in [2.05, 4.69) is 33.1 Å². The SMILES string of the molecule is CC1CCN(CCNC(=O)c2cc(N)ccc2Br)CC1. The maximum Gasteiger partial charge on any atom is 0.252 e. The van der Waals surface area contributed by atoms with Crippen LogP contribution in [0.1, 0.15) is 30.1 Å². The van der Waals surface area contributed by atoms with Gasteiger partial charge in [-0.05, 0) is 66.0 Å². The van der Waals surface area contributed by atoms with E-state index in [0.29, 0.717) is 17.8 Å². The maximum absolute atomic E-state index is 12.1. The van der Waals surface area contributed by atoms with Gasteiger partial charge >= 0.3 is 0 Å². The topological polar surface area (TPSA) is 58.4 Å². The number of rotatable bonds is 4. The molecule has 4 nitrogen and oxygen atoms in total. The zero-order chi connectivity index (χ0) is 14.5. The van der Waals surface area contributed by atoms with E-state index in [1.165, 1.54) is 12.8 Å². The number of hydrogen-bond acceptors (Lipinski definition) is 3. The number of nitrogens with two attached hydrogens (primary N) is 1. The number of anilines is 1. The second kappa shape index (κ2) is 7.09. The molecule has 1 aliphatic heterocycles. The minimum atomic E-state index is -0.0745. The minimum absolute atomic E-state index is 0.0745. The first-order valence-corrected chi connectivity index (χ1v) is 7.91. The molecule has 3 N–H and O–H groups in total. The highest BCUT2D eigenvalue weighted by Gasteiger charge is 2.16. The number of likely N-dealkylation sites (tertiary alicyclic amines) is 1. The molecule has 0 bridgehead atoms. The molecule has 110 valence electrons. The number of halogens is 1. The van der Waals surface area contributed by atoms with Crippen LogP contribution in [0.5, 0.6) is 0 Å². The Morgan fingerprint density at radius 3 is 2.85 bits per heavy atom. The standard InChI is InChI=1S/C15H22BrN3O/c1-11-4-7-19(8-5-11)9-6-18-15(20)13-10-12(17)2-3-14(13)16/h2-3,10-11H,4-9,17H2,1H3,(H,18,20). The first-order chi connectivity index (χ1) is 9.56. The predicted octanol–water partition coefficient (Wildman–Crippen LogP) is 2.49. The molecule has 2 rings (SSSR count). The van der Waals surface area contributed by atoms with Gasteiger partial charge in [0.05, 0.1) is 5.56 Å². The molecule has 1 aromatic rings. The van der Waals surface area contributed by atoms with Crippen LogP contribution in [-0.2, 0) is 0 Å². The molecule has 0 saturated carbocycles. The summed E-state index contributed by atoms with van der Waals surface area (Å²) >= 11 is 3.38. The van der Waals surface area contributed by atoms with Crippen molar-refractivity contribution in [1.29, 1.82) is 0 Å². The highest BCUT2D eigenvalue weighted by Crippen LogP contribution is 2.19. The summed E-state index contributed by atoms with van der Waals surface area (Å²) < 4.78 is 0.774. The highest BCUT2D eigenvalue weighted by molar-refractivity contribution is 9.10. The Labute approximate surface area is 128 Å². The third-order valence-corrected chi connectivity index (χ3v) is 4.52. The first kappa shape index (κ1) is 15.3.